The van der Waals surface area contributed by atoms with Gasteiger partial charge >= 0.3 is 0 Å². The zero-order valence-corrected chi connectivity index (χ0v) is 12.5. The third-order valence-electron chi connectivity index (χ3n) is 5.42. The van der Waals surface area contributed by atoms with Crippen molar-refractivity contribution in [2.45, 2.75) is 72.1 Å². The van der Waals surface area contributed by atoms with Gasteiger partial charge in [0.15, 0.2) is 0 Å². The summed E-state index contributed by atoms with van der Waals surface area (Å²) in [4.78, 5) is 11.9. The SMILES string of the molecule is CC(C)CCC[C@@H](C)[C@H]1CC[C@H]2C(=O)CCC[C@@H]12. The molecule has 18 heavy (non-hydrogen) atoms. The van der Waals surface area contributed by atoms with E-state index < -0.39 is 0 Å². The molecule has 0 amide bonds. The molecule has 0 aromatic rings. The number of Topliss-reactive ketones (excluding diaryl/α,β-unsaturated/α-hetero) is 1. The topological polar surface area (TPSA) is 17.1 Å². The third-order valence-corrected chi connectivity index (χ3v) is 5.42. The first-order valence-electron chi connectivity index (χ1n) is 8.12. The van der Waals surface area contributed by atoms with E-state index in [0.717, 1.165) is 36.5 Å². The summed E-state index contributed by atoms with van der Waals surface area (Å²) >= 11 is 0. The highest BCUT2D eigenvalue weighted by atomic mass is 16.1. The molecule has 1 heteroatoms. The summed E-state index contributed by atoms with van der Waals surface area (Å²) in [5.74, 6) is 4.32. The van der Waals surface area contributed by atoms with Gasteiger partial charge in [-0.15, -0.1) is 0 Å². The Morgan fingerprint density at radius 1 is 1.11 bits per heavy atom. The first kappa shape index (κ1) is 14.1. The summed E-state index contributed by atoms with van der Waals surface area (Å²) in [5.41, 5.74) is 0. The van der Waals surface area contributed by atoms with Crippen molar-refractivity contribution in [1.82, 2.24) is 0 Å². The van der Waals surface area contributed by atoms with Crippen LogP contribution in [0.5, 0.6) is 0 Å². The molecule has 0 bridgehead atoms. The zero-order chi connectivity index (χ0) is 13.1. The van der Waals surface area contributed by atoms with Crippen LogP contribution in [0.25, 0.3) is 0 Å². The van der Waals surface area contributed by atoms with E-state index in [2.05, 4.69) is 20.8 Å². The quantitative estimate of drug-likeness (QED) is 0.682. The van der Waals surface area contributed by atoms with Gasteiger partial charge in [-0.2, -0.15) is 0 Å². The Morgan fingerprint density at radius 3 is 2.61 bits per heavy atom. The summed E-state index contributed by atoms with van der Waals surface area (Å²) in [6, 6.07) is 0. The Morgan fingerprint density at radius 2 is 1.89 bits per heavy atom. The van der Waals surface area contributed by atoms with Crippen LogP contribution in [0.1, 0.15) is 72.1 Å². The highest BCUT2D eigenvalue weighted by Gasteiger charge is 2.43. The number of fused-ring (bicyclic) bond motifs is 1. The van der Waals surface area contributed by atoms with E-state index in [4.69, 9.17) is 0 Å². The van der Waals surface area contributed by atoms with E-state index >= 15 is 0 Å². The monoisotopic (exact) mass is 250 g/mol. The number of ketones is 1. The van der Waals surface area contributed by atoms with Crippen molar-refractivity contribution in [1.29, 1.82) is 0 Å². The molecule has 2 aliphatic carbocycles. The van der Waals surface area contributed by atoms with Crippen molar-refractivity contribution >= 4 is 5.78 Å². The predicted octanol–water partition coefficient (Wildman–Crippen LogP) is 4.84. The van der Waals surface area contributed by atoms with E-state index in [-0.39, 0.29) is 0 Å². The largest absolute Gasteiger partial charge is 0.299 e. The molecule has 1 nitrogen and oxygen atoms in total. The molecule has 0 heterocycles. The van der Waals surface area contributed by atoms with Gasteiger partial charge in [0.2, 0.25) is 0 Å². The van der Waals surface area contributed by atoms with Gasteiger partial charge in [0.25, 0.3) is 0 Å². The molecule has 2 fully saturated rings. The van der Waals surface area contributed by atoms with Crippen molar-refractivity contribution in [3.8, 4) is 0 Å². The molecule has 0 N–H and O–H groups in total. The van der Waals surface area contributed by atoms with Crippen molar-refractivity contribution in [3.05, 3.63) is 0 Å². The molecule has 0 saturated heterocycles. The zero-order valence-electron chi connectivity index (χ0n) is 12.5. The molecule has 0 aromatic carbocycles. The Kier molecular flexibility index (Phi) is 4.86. The fraction of sp³-hybridized carbons (Fsp3) is 0.941. The Hall–Kier alpha value is -0.330. The van der Waals surface area contributed by atoms with Crippen LogP contribution in [0.3, 0.4) is 0 Å². The van der Waals surface area contributed by atoms with Gasteiger partial charge in [0.1, 0.15) is 5.78 Å². The van der Waals surface area contributed by atoms with Crippen LogP contribution in [-0.2, 0) is 4.79 Å². The van der Waals surface area contributed by atoms with Crippen LogP contribution < -0.4 is 0 Å². The summed E-state index contributed by atoms with van der Waals surface area (Å²) < 4.78 is 0. The van der Waals surface area contributed by atoms with Crippen LogP contribution in [0.4, 0.5) is 0 Å². The van der Waals surface area contributed by atoms with E-state index in [1.807, 2.05) is 0 Å². The van der Waals surface area contributed by atoms with E-state index in [9.17, 15) is 4.79 Å². The number of carbonyl (C=O) groups excluding carboxylic acids is 1. The van der Waals surface area contributed by atoms with Crippen molar-refractivity contribution in [3.63, 3.8) is 0 Å². The molecule has 0 aromatic heterocycles. The number of hydrogen-bond acceptors (Lipinski definition) is 1. The third kappa shape index (κ3) is 3.16. The van der Waals surface area contributed by atoms with E-state index in [1.165, 1.54) is 38.5 Å². The fourth-order valence-electron chi connectivity index (χ4n) is 4.38. The van der Waals surface area contributed by atoms with Crippen LogP contribution in [0, 0.1) is 29.6 Å². The lowest BCUT2D eigenvalue weighted by molar-refractivity contribution is -0.126. The van der Waals surface area contributed by atoms with Crippen LogP contribution >= 0.6 is 0 Å². The Balaban J connectivity index is 1.83. The molecule has 0 aliphatic heterocycles. The van der Waals surface area contributed by atoms with Gasteiger partial charge in [-0.05, 0) is 49.4 Å². The maximum Gasteiger partial charge on any atom is 0.136 e. The molecule has 0 spiro atoms. The molecular formula is C17H30O. The normalized spacial score (nSPS) is 33.8. The second-order valence-electron chi connectivity index (χ2n) is 7.17. The number of rotatable bonds is 5. The molecule has 4 atom stereocenters. The summed E-state index contributed by atoms with van der Waals surface area (Å²) in [6.45, 7) is 7.07. The van der Waals surface area contributed by atoms with Crippen molar-refractivity contribution in [2.75, 3.05) is 0 Å². The highest BCUT2D eigenvalue weighted by Crippen LogP contribution is 2.48. The average molecular weight is 250 g/mol. The predicted molar refractivity (Wildman–Crippen MR) is 76.4 cm³/mol. The smallest absolute Gasteiger partial charge is 0.136 e. The molecular weight excluding hydrogens is 220 g/mol. The highest BCUT2D eigenvalue weighted by molar-refractivity contribution is 5.82. The Bertz CT molecular complexity index is 281. The first-order chi connectivity index (χ1) is 8.59. The standard InChI is InChI=1S/C17H30O/c1-12(2)6-4-7-13(3)14-10-11-16-15(14)8-5-9-17(16)18/h12-16H,4-11H2,1-3H3/t13-,14-,15+,16-/m1/s1. The molecule has 2 rings (SSSR count). The molecule has 0 unspecified atom stereocenters. The molecule has 0 radical (unpaired) electrons. The second-order valence-corrected chi connectivity index (χ2v) is 7.17. The Labute approximate surface area is 113 Å². The minimum absolute atomic E-state index is 0.455. The summed E-state index contributed by atoms with van der Waals surface area (Å²) in [5, 5.41) is 0. The van der Waals surface area contributed by atoms with Gasteiger partial charge < -0.3 is 0 Å². The van der Waals surface area contributed by atoms with Gasteiger partial charge in [0, 0.05) is 12.3 Å². The summed E-state index contributed by atoms with van der Waals surface area (Å²) in [7, 11) is 0. The van der Waals surface area contributed by atoms with Gasteiger partial charge in [-0.1, -0.05) is 40.0 Å². The molecule has 2 aliphatic rings. The van der Waals surface area contributed by atoms with E-state index in [1.54, 1.807) is 0 Å². The fourth-order valence-corrected chi connectivity index (χ4v) is 4.38. The number of carbonyl (C=O) groups is 1. The van der Waals surface area contributed by atoms with Crippen molar-refractivity contribution < 1.29 is 4.79 Å². The second kappa shape index (κ2) is 6.21. The average Bonchev–Trinajstić information content (AvgIpc) is 2.73. The maximum atomic E-state index is 11.9. The first-order valence-corrected chi connectivity index (χ1v) is 8.12. The van der Waals surface area contributed by atoms with Gasteiger partial charge in [-0.3, -0.25) is 4.79 Å². The van der Waals surface area contributed by atoms with Crippen LogP contribution in [0.2, 0.25) is 0 Å². The lowest BCUT2D eigenvalue weighted by atomic mass is 9.73. The van der Waals surface area contributed by atoms with Gasteiger partial charge in [-0.25, -0.2) is 0 Å². The van der Waals surface area contributed by atoms with Gasteiger partial charge in [0.05, 0.1) is 0 Å². The lowest BCUT2D eigenvalue weighted by Gasteiger charge is -2.31. The van der Waals surface area contributed by atoms with Crippen molar-refractivity contribution in [2.24, 2.45) is 29.6 Å². The molecule has 104 valence electrons. The number of hydrogen-bond donors (Lipinski definition) is 0. The molecule has 2 saturated carbocycles. The minimum Gasteiger partial charge on any atom is -0.299 e. The van der Waals surface area contributed by atoms with E-state index in [0.29, 0.717) is 11.7 Å². The lowest BCUT2D eigenvalue weighted by Crippen LogP contribution is -2.29. The summed E-state index contributed by atoms with van der Waals surface area (Å²) in [6.07, 6.45) is 10.00. The van der Waals surface area contributed by atoms with Crippen LogP contribution in [0.15, 0.2) is 0 Å². The maximum absolute atomic E-state index is 11.9. The minimum atomic E-state index is 0.455. The van der Waals surface area contributed by atoms with Crippen LogP contribution in [-0.4, -0.2) is 5.78 Å².